The molecule has 0 amide bonds. The van der Waals surface area contributed by atoms with Gasteiger partial charge in [0.05, 0.1) is 5.69 Å². The molecule has 0 aliphatic carbocycles. The van der Waals surface area contributed by atoms with Crippen LogP contribution >= 0.6 is 11.6 Å². The monoisotopic (exact) mass is 292 g/mol. The van der Waals surface area contributed by atoms with Crippen LogP contribution in [0.5, 0.6) is 0 Å². The first kappa shape index (κ1) is 14.8. The third-order valence-corrected chi connectivity index (χ3v) is 3.64. The summed E-state index contributed by atoms with van der Waals surface area (Å²) >= 11 is 6.13. The van der Waals surface area contributed by atoms with Crippen molar-refractivity contribution in [1.82, 2.24) is 0 Å². The molecule has 0 unspecified atom stereocenters. The summed E-state index contributed by atoms with van der Waals surface area (Å²) in [5.41, 5.74) is 8.05. The smallest absolute Gasteiger partial charge is 0.146 e. The van der Waals surface area contributed by atoms with Crippen LogP contribution in [-0.4, -0.2) is 7.05 Å². The van der Waals surface area contributed by atoms with Crippen LogP contribution in [0.15, 0.2) is 42.5 Å². The topological polar surface area (TPSA) is 29.3 Å². The van der Waals surface area contributed by atoms with Gasteiger partial charge in [0, 0.05) is 24.7 Å². The van der Waals surface area contributed by atoms with Gasteiger partial charge in [-0.1, -0.05) is 35.9 Å². The number of halogens is 2. The van der Waals surface area contributed by atoms with Crippen molar-refractivity contribution < 1.29 is 4.39 Å². The highest BCUT2D eigenvalue weighted by Crippen LogP contribution is 2.25. The van der Waals surface area contributed by atoms with Gasteiger partial charge in [-0.25, -0.2) is 4.39 Å². The Hall–Kier alpha value is -1.58. The van der Waals surface area contributed by atoms with Crippen LogP contribution < -0.4 is 10.6 Å². The maximum absolute atomic E-state index is 14.1. The predicted molar refractivity (Wildman–Crippen MR) is 82.6 cm³/mol. The van der Waals surface area contributed by atoms with Crippen LogP contribution in [0, 0.1) is 5.82 Å². The third-order valence-electron chi connectivity index (χ3n) is 3.27. The minimum absolute atomic E-state index is 0.174. The normalized spacial score (nSPS) is 12.2. The molecule has 0 spiro atoms. The summed E-state index contributed by atoms with van der Waals surface area (Å²) < 4.78 is 14.1. The van der Waals surface area contributed by atoms with Gasteiger partial charge < -0.3 is 10.6 Å². The fourth-order valence-corrected chi connectivity index (χ4v) is 2.28. The fraction of sp³-hybridized carbons (Fsp3) is 0.250. The lowest BCUT2D eigenvalue weighted by molar-refractivity contribution is 0.617. The van der Waals surface area contributed by atoms with Gasteiger partial charge in [0.2, 0.25) is 0 Å². The maximum atomic E-state index is 14.1. The number of hydrogen-bond donors (Lipinski definition) is 1. The third kappa shape index (κ3) is 3.30. The molecule has 4 heteroatoms. The molecule has 0 heterocycles. The zero-order valence-corrected chi connectivity index (χ0v) is 12.4. The zero-order chi connectivity index (χ0) is 14.7. The van der Waals surface area contributed by atoms with E-state index in [0.29, 0.717) is 17.3 Å². The molecule has 2 aromatic rings. The molecule has 0 radical (unpaired) electrons. The van der Waals surface area contributed by atoms with Crippen LogP contribution in [-0.2, 0) is 6.54 Å². The molecule has 2 N–H and O–H groups in total. The second-order valence-electron chi connectivity index (χ2n) is 4.95. The zero-order valence-electron chi connectivity index (χ0n) is 11.6. The van der Waals surface area contributed by atoms with Gasteiger partial charge in [-0.2, -0.15) is 0 Å². The number of benzene rings is 2. The summed E-state index contributed by atoms with van der Waals surface area (Å²) in [6.07, 6.45) is 0. The van der Waals surface area contributed by atoms with Crippen molar-refractivity contribution in [2.24, 2.45) is 5.73 Å². The summed E-state index contributed by atoms with van der Waals surface area (Å²) in [5.74, 6) is -0.269. The first-order chi connectivity index (χ1) is 9.49. The van der Waals surface area contributed by atoms with Crippen molar-refractivity contribution in [2.75, 3.05) is 11.9 Å². The van der Waals surface area contributed by atoms with E-state index < -0.39 is 0 Å². The van der Waals surface area contributed by atoms with E-state index in [0.717, 1.165) is 11.1 Å². The molecule has 2 nitrogen and oxygen atoms in total. The molecule has 2 aromatic carbocycles. The van der Waals surface area contributed by atoms with Gasteiger partial charge in [-0.3, -0.25) is 0 Å². The molecule has 0 aliphatic rings. The fourth-order valence-electron chi connectivity index (χ4n) is 2.08. The molecule has 0 fully saturated rings. The average Bonchev–Trinajstić information content (AvgIpc) is 2.41. The Morgan fingerprint density at radius 2 is 1.95 bits per heavy atom. The number of anilines is 1. The largest absolute Gasteiger partial charge is 0.368 e. The Labute approximate surface area is 124 Å². The average molecular weight is 293 g/mol. The molecule has 0 aromatic heterocycles. The van der Waals surface area contributed by atoms with Crippen molar-refractivity contribution in [3.05, 3.63) is 64.4 Å². The van der Waals surface area contributed by atoms with E-state index in [-0.39, 0.29) is 11.9 Å². The second-order valence-corrected chi connectivity index (χ2v) is 5.35. The Morgan fingerprint density at radius 3 is 2.55 bits per heavy atom. The molecule has 0 saturated carbocycles. The van der Waals surface area contributed by atoms with Crippen molar-refractivity contribution in [3.8, 4) is 0 Å². The van der Waals surface area contributed by atoms with Crippen LogP contribution in [0.4, 0.5) is 10.1 Å². The van der Waals surface area contributed by atoms with Crippen LogP contribution in [0.1, 0.15) is 24.1 Å². The molecule has 2 rings (SSSR count). The van der Waals surface area contributed by atoms with Gasteiger partial charge in [-0.05, 0) is 36.2 Å². The van der Waals surface area contributed by atoms with Crippen LogP contribution in [0.25, 0.3) is 0 Å². The van der Waals surface area contributed by atoms with E-state index in [1.165, 1.54) is 6.07 Å². The van der Waals surface area contributed by atoms with Gasteiger partial charge in [-0.15, -0.1) is 0 Å². The van der Waals surface area contributed by atoms with Gasteiger partial charge in [0.25, 0.3) is 0 Å². The number of rotatable bonds is 4. The van der Waals surface area contributed by atoms with E-state index in [1.54, 1.807) is 6.07 Å². The lowest BCUT2D eigenvalue weighted by atomic mass is 10.1. The second kappa shape index (κ2) is 6.25. The first-order valence-electron chi connectivity index (χ1n) is 6.48. The summed E-state index contributed by atoms with van der Waals surface area (Å²) in [6, 6.07) is 12.5. The van der Waals surface area contributed by atoms with E-state index in [1.807, 2.05) is 49.2 Å². The molecule has 106 valence electrons. The van der Waals surface area contributed by atoms with Gasteiger partial charge in [0.1, 0.15) is 5.82 Å². The summed E-state index contributed by atoms with van der Waals surface area (Å²) in [7, 11) is 1.84. The minimum Gasteiger partial charge on any atom is -0.368 e. The number of hydrogen-bond acceptors (Lipinski definition) is 2. The van der Waals surface area contributed by atoms with E-state index in [9.17, 15) is 4.39 Å². The lowest BCUT2D eigenvalue weighted by Crippen LogP contribution is -2.18. The highest BCUT2D eigenvalue weighted by Gasteiger charge is 2.11. The molecular formula is C16H18ClFN2. The summed E-state index contributed by atoms with van der Waals surface area (Å²) in [4.78, 5) is 1.83. The van der Waals surface area contributed by atoms with E-state index in [2.05, 4.69) is 0 Å². The lowest BCUT2D eigenvalue weighted by Gasteiger charge is -2.21. The number of nitrogens with two attached hydrogens (primary N) is 1. The van der Waals surface area contributed by atoms with Crippen molar-refractivity contribution in [1.29, 1.82) is 0 Å². The SMILES string of the molecule is C[C@@H](N)c1ccc(N(C)Cc2ccccc2Cl)c(F)c1. The van der Waals surface area contributed by atoms with Crippen molar-refractivity contribution in [3.63, 3.8) is 0 Å². The molecular weight excluding hydrogens is 275 g/mol. The molecule has 20 heavy (non-hydrogen) atoms. The highest BCUT2D eigenvalue weighted by molar-refractivity contribution is 6.31. The quantitative estimate of drug-likeness (QED) is 0.918. The van der Waals surface area contributed by atoms with E-state index in [4.69, 9.17) is 17.3 Å². The van der Waals surface area contributed by atoms with Crippen molar-refractivity contribution >= 4 is 17.3 Å². The summed E-state index contributed by atoms with van der Waals surface area (Å²) in [6.45, 7) is 2.38. The van der Waals surface area contributed by atoms with E-state index >= 15 is 0 Å². The van der Waals surface area contributed by atoms with Gasteiger partial charge >= 0.3 is 0 Å². The molecule has 0 bridgehead atoms. The van der Waals surface area contributed by atoms with Crippen molar-refractivity contribution in [2.45, 2.75) is 19.5 Å². The minimum atomic E-state index is -0.269. The molecule has 1 atom stereocenters. The predicted octanol–water partition coefficient (Wildman–Crippen LogP) is 4.14. The molecule has 0 saturated heterocycles. The van der Waals surface area contributed by atoms with Crippen LogP contribution in [0.2, 0.25) is 5.02 Å². The number of nitrogens with zero attached hydrogens (tertiary/aromatic N) is 1. The van der Waals surface area contributed by atoms with Gasteiger partial charge in [0.15, 0.2) is 0 Å². The Balaban J connectivity index is 2.21. The highest BCUT2D eigenvalue weighted by atomic mass is 35.5. The Kier molecular flexibility index (Phi) is 4.63. The first-order valence-corrected chi connectivity index (χ1v) is 6.86. The molecule has 0 aliphatic heterocycles. The Bertz CT molecular complexity index is 599. The van der Waals surface area contributed by atoms with Crippen LogP contribution in [0.3, 0.4) is 0 Å². The Morgan fingerprint density at radius 1 is 1.25 bits per heavy atom. The maximum Gasteiger partial charge on any atom is 0.146 e. The summed E-state index contributed by atoms with van der Waals surface area (Å²) in [5, 5.41) is 0.687. The standard InChI is InChI=1S/C16H18ClFN2/c1-11(19)12-7-8-16(15(18)9-12)20(2)10-13-5-3-4-6-14(13)17/h3-9,11H,10,19H2,1-2H3/t11-/m1/s1.